The number of pyridine rings is 1. The number of likely N-dealkylation sites (tertiary alicyclic amines) is 1. The van der Waals surface area contributed by atoms with Crippen LogP contribution in [0.3, 0.4) is 0 Å². The first-order valence-electron chi connectivity index (χ1n) is 11.0. The molecule has 3 aromatic rings. The number of nitrogens with zero attached hydrogens (tertiary/aromatic N) is 2. The smallest absolute Gasteiger partial charge is 0.319 e. The van der Waals surface area contributed by atoms with Gasteiger partial charge >= 0.3 is 6.03 Å². The number of carbonyl (C=O) groups is 1. The van der Waals surface area contributed by atoms with Gasteiger partial charge in [0.2, 0.25) is 0 Å². The van der Waals surface area contributed by atoms with Gasteiger partial charge in [-0.05, 0) is 43.5 Å². The molecule has 2 aromatic carbocycles. The zero-order valence-corrected chi connectivity index (χ0v) is 17.8. The van der Waals surface area contributed by atoms with Gasteiger partial charge in [0.1, 0.15) is 0 Å². The summed E-state index contributed by atoms with van der Waals surface area (Å²) in [5, 5.41) is 17.7. The molecule has 6 heteroatoms. The van der Waals surface area contributed by atoms with E-state index in [1.165, 1.54) is 5.56 Å². The minimum absolute atomic E-state index is 0.202. The Morgan fingerprint density at radius 3 is 2.58 bits per heavy atom. The summed E-state index contributed by atoms with van der Waals surface area (Å²) in [6, 6.07) is 19.6. The van der Waals surface area contributed by atoms with Gasteiger partial charge < -0.3 is 20.6 Å². The Morgan fingerprint density at radius 2 is 1.77 bits per heavy atom. The third-order valence-electron chi connectivity index (χ3n) is 6.00. The predicted molar refractivity (Wildman–Crippen MR) is 124 cm³/mol. The van der Waals surface area contributed by atoms with E-state index in [2.05, 4.69) is 32.7 Å². The Kier molecular flexibility index (Phi) is 6.79. The normalized spacial score (nSPS) is 16.2. The van der Waals surface area contributed by atoms with Crippen LogP contribution >= 0.6 is 0 Å². The molecular formula is C25H30N4O2. The number of para-hydroxylation sites is 1. The Hall–Kier alpha value is -2.96. The van der Waals surface area contributed by atoms with Crippen molar-refractivity contribution in [1.82, 2.24) is 15.2 Å². The van der Waals surface area contributed by atoms with E-state index in [4.69, 9.17) is 0 Å². The van der Waals surface area contributed by atoms with Crippen LogP contribution in [0, 0.1) is 0 Å². The third kappa shape index (κ3) is 5.81. The van der Waals surface area contributed by atoms with Crippen molar-refractivity contribution in [2.45, 2.75) is 31.3 Å². The van der Waals surface area contributed by atoms with Crippen molar-refractivity contribution >= 4 is 22.6 Å². The van der Waals surface area contributed by atoms with Gasteiger partial charge in [0.15, 0.2) is 0 Å². The fourth-order valence-corrected chi connectivity index (χ4v) is 4.22. The van der Waals surface area contributed by atoms with Crippen molar-refractivity contribution in [3.63, 3.8) is 0 Å². The minimum Gasteiger partial charge on any atom is -0.389 e. The molecule has 1 aliphatic heterocycles. The van der Waals surface area contributed by atoms with Crippen LogP contribution in [0.1, 0.15) is 24.8 Å². The number of urea groups is 1. The van der Waals surface area contributed by atoms with Gasteiger partial charge in [0.25, 0.3) is 0 Å². The number of fused-ring (bicyclic) bond motifs is 1. The lowest BCUT2D eigenvalue weighted by Crippen LogP contribution is -2.46. The lowest BCUT2D eigenvalue weighted by Gasteiger charge is -2.38. The van der Waals surface area contributed by atoms with Crippen molar-refractivity contribution in [3.05, 3.63) is 72.4 Å². The second-order valence-electron chi connectivity index (χ2n) is 8.34. The van der Waals surface area contributed by atoms with Gasteiger partial charge in [-0.25, -0.2) is 4.79 Å². The average Bonchev–Trinajstić information content (AvgIpc) is 2.79. The van der Waals surface area contributed by atoms with Crippen LogP contribution in [0.5, 0.6) is 0 Å². The van der Waals surface area contributed by atoms with Gasteiger partial charge in [-0.1, -0.05) is 48.5 Å². The average molecular weight is 419 g/mol. The zero-order valence-electron chi connectivity index (χ0n) is 17.8. The van der Waals surface area contributed by atoms with Crippen molar-refractivity contribution in [2.24, 2.45) is 0 Å². The summed E-state index contributed by atoms with van der Waals surface area (Å²) in [7, 11) is 0. The molecule has 2 amide bonds. The number of hydrogen-bond donors (Lipinski definition) is 3. The summed E-state index contributed by atoms with van der Waals surface area (Å²) in [6.45, 7) is 3.30. The monoisotopic (exact) mass is 418 g/mol. The van der Waals surface area contributed by atoms with Gasteiger partial charge in [0.05, 0.1) is 16.8 Å². The van der Waals surface area contributed by atoms with Gasteiger partial charge in [0, 0.05) is 37.6 Å². The molecule has 0 bridgehead atoms. The van der Waals surface area contributed by atoms with E-state index >= 15 is 0 Å². The summed E-state index contributed by atoms with van der Waals surface area (Å²) in [5.74, 6) is 0. The highest BCUT2D eigenvalue weighted by Crippen LogP contribution is 2.26. The fraction of sp³-hybridized carbons (Fsp3) is 0.360. The molecule has 2 heterocycles. The van der Waals surface area contributed by atoms with E-state index in [1.807, 2.05) is 48.5 Å². The minimum atomic E-state index is -0.608. The molecule has 1 aromatic heterocycles. The fourth-order valence-electron chi connectivity index (χ4n) is 4.22. The first-order valence-corrected chi connectivity index (χ1v) is 11.0. The first-order chi connectivity index (χ1) is 15.1. The maximum Gasteiger partial charge on any atom is 0.319 e. The molecule has 1 fully saturated rings. The summed E-state index contributed by atoms with van der Waals surface area (Å²) in [6.07, 6.45) is 4.86. The SMILES string of the molecule is O=C(NCCCN1CCC(O)(Cc2ccccc2)CC1)Nc1ccnc2ccccc12. The van der Waals surface area contributed by atoms with Crippen molar-refractivity contribution in [1.29, 1.82) is 0 Å². The van der Waals surface area contributed by atoms with Crippen LogP contribution in [0.4, 0.5) is 10.5 Å². The zero-order chi connectivity index (χ0) is 21.5. The van der Waals surface area contributed by atoms with E-state index in [-0.39, 0.29) is 6.03 Å². The van der Waals surface area contributed by atoms with E-state index < -0.39 is 5.60 Å². The van der Waals surface area contributed by atoms with Crippen LogP contribution in [0.15, 0.2) is 66.9 Å². The number of nitrogens with one attached hydrogen (secondary N) is 2. The molecule has 0 radical (unpaired) electrons. The molecule has 3 N–H and O–H groups in total. The quantitative estimate of drug-likeness (QED) is 0.510. The predicted octanol–water partition coefficient (Wildman–Crippen LogP) is 3.82. The molecule has 6 nitrogen and oxygen atoms in total. The lowest BCUT2D eigenvalue weighted by atomic mass is 9.85. The number of anilines is 1. The lowest BCUT2D eigenvalue weighted by molar-refractivity contribution is -0.0206. The molecule has 0 atom stereocenters. The number of amides is 2. The Morgan fingerprint density at radius 1 is 1.03 bits per heavy atom. The first kappa shape index (κ1) is 21.3. The molecule has 0 saturated carbocycles. The van der Waals surface area contributed by atoms with Crippen LogP contribution < -0.4 is 10.6 Å². The Balaban J connectivity index is 1.16. The molecule has 162 valence electrons. The Bertz CT molecular complexity index is 995. The standard InChI is InChI=1S/C25H30N4O2/c30-24(28-23-11-15-26-22-10-5-4-9-21(22)23)27-14-6-16-29-17-12-25(31,13-18-29)19-20-7-2-1-3-8-20/h1-5,7-11,15,31H,6,12-14,16-19H2,(H2,26,27,28,30). The number of carbonyl (C=O) groups excluding carboxylic acids is 1. The number of hydrogen-bond acceptors (Lipinski definition) is 4. The highest BCUT2D eigenvalue weighted by Gasteiger charge is 2.32. The Labute approximate surface area is 183 Å². The second kappa shape index (κ2) is 9.90. The van der Waals surface area contributed by atoms with E-state index in [0.29, 0.717) is 13.0 Å². The largest absolute Gasteiger partial charge is 0.389 e. The van der Waals surface area contributed by atoms with Gasteiger partial charge in [-0.15, -0.1) is 0 Å². The molecule has 0 aliphatic carbocycles. The number of rotatable bonds is 7. The number of aliphatic hydroxyl groups is 1. The van der Waals surface area contributed by atoms with Crippen molar-refractivity contribution in [3.8, 4) is 0 Å². The molecule has 1 saturated heterocycles. The summed E-state index contributed by atoms with van der Waals surface area (Å²) in [4.78, 5) is 19.0. The number of aromatic nitrogens is 1. The van der Waals surface area contributed by atoms with E-state index in [0.717, 1.165) is 55.5 Å². The van der Waals surface area contributed by atoms with Crippen molar-refractivity contribution < 1.29 is 9.90 Å². The van der Waals surface area contributed by atoms with Gasteiger partial charge in [-0.3, -0.25) is 4.98 Å². The summed E-state index contributed by atoms with van der Waals surface area (Å²) in [5.41, 5.74) is 2.20. The number of benzene rings is 2. The van der Waals surface area contributed by atoms with Crippen LogP contribution in [-0.2, 0) is 6.42 Å². The second-order valence-corrected chi connectivity index (χ2v) is 8.34. The number of piperidine rings is 1. The van der Waals surface area contributed by atoms with Crippen LogP contribution in [0.2, 0.25) is 0 Å². The maximum atomic E-state index is 12.3. The van der Waals surface area contributed by atoms with Crippen LogP contribution in [0.25, 0.3) is 10.9 Å². The molecule has 0 unspecified atom stereocenters. The molecule has 4 rings (SSSR count). The summed E-state index contributed by atoms with van der Waals surface area (Å²) >= 11 is 0. The highest BCUT2D eigenvalue weighted by molar-refractivity contribution is 6.00. The van der Waals surface area contributed by atoms with Crippen molar-refractivity contribution in [2.75, 3.05) is 31.5 Å². The molecule has 31 heavy (non-hydrogen) atoms. The van der Waals surface area contributed by atoms with Gasteiger partial charge in [-0.2, -0.15) is 0 Å². The molecule has 0 spiro atoms. The maximum absolute atomic E-state index is 12.3. The highest BCUT2D eigenvalue weighted by atomic mass is 16.3. The topological polar surface area (TPSA) is 77.5 Å². The van der Waals surface area contributed by atoms with E-state index in [1.54, 1.807) is 6.20 Å². The van der Waals surface area contributed by atoms with E-state index in [9.17, 15) is 9.90 Å². The summed E-state index contributed by atoms with van der Waals surface area (Å²) < 4.78 is 0. The molecule has 1 aliphatic rings. The third-order valence-corrected chi connectivity index (χ3v) is 6.00. The molecular weight excluding hydrogens is 388 g/mol. The van der Waals surface area contributed by atoms with Crippen LogP contribution in [-0.4, -0.2) is 52.8 Å².